The lowest BCUT2D eigenvalue weighted by atomic mass is 10.1. The molecule has 2 aromatic rings. The molecule has 26 heavy (non-hydrogen) atoms. The zero-order chi connectivity index (χ0) is 19.1. The highest BCUT2D eigenvalue weighted by molar-refractivity contribution is 9.10. The van der Waals surface area contributed by atoms with Gasteiger partial charge in [0.1, 0.15) is 0 Å². The highest BCUT2D eigenvalue weighted by atomic mass is 79.9. The number of anilines is 3. The van der Waals surface area contributed by atoms with Crippen molar-refractivity contribution in [3.63, 3.8) is 0 Å². The molecule has 0 spiro atoms. The van der Waals surface area contributed by atoms with Gasteiger partial charge in [-0.25, -0.2) is 4.79 Å². The molecule has 0 aliphatic carbocycles. The number of benzene rings is 2. The maximum absolute atomic E-state index is 12.4. The van der Waals surface area contributed by atoms with Crippen LogP contribution in [0, 0.1) is 0 Å². The molecule has 0 atom stereocenters. The summed E-state index contributed by atoms with van der Waals surface area (Å²) in [7, 11) is 0. The van der Waals surface area contributed by atoms with E-state index >= 15 is 0 Å². The number of nitrogens with two attached hydrogens (primary N) is 1. The van der Waals surface area contributed by atoms with E-state index in [0.717, 1.165) is 10.2 Å². The Bertz CT molecular complexity index is 790. The van der Waals surface area contributed by atoms with E-state index in [4.69, 9.17) is 28.9 Å². The minimum atomic E-state index is -0.453. The Morgan fingerprint density at radius 3 is 2.54 bits per heavy atom. The summed E-state index contributed by atoms with van der Waals surface area (Å²) in [6, 6.07) is 8.15. The quantitative estimate of drug-likeness (QED) is 0.424. The van der Waals surface area contributed by atoms with E-state index in [1.807, 2.05) is 6.07 Å². The van der Waals surface area contributed by atoms with Gasteiger partial charge in [-0.15, -0.1) is 0 Å². The monoisotopic (exact) mass is 460 g/mol. The predicted octanol–water partition coefficient (Wildman–Crippen LogP) is 4.31. The Hall–Kier alpha value is -1.51. The van der Waals surface area contributed by atoms with E-state index in [2.05, 4.69) is 31.9 Å². The first-order valence-electron chi connectivity index (χ1n) is 7.84. The topological polar surface area (TPSA) is 99.4 Å². The van der Waals surface area contributed by atoms with Crippen LogP contribution in [0.4, 0.5) is 21.9 Å². The van der Waals surface area contributed by atoms with Crippen molar-refractivity contribution in [2.45, 2.75) is 6.42 Å². The summed E-state index contributed by atoms with van der Waals surface area (Å²) in [5, 5.41) is 18.6. The molecular formula is C17H19BrCl2N4O2. The molecular weight excluding hydrogens is 443 g/mol. The van der Waals surface area contributed by atoms with Crippen LogP contribution in [0.5, 0.6) is 0 Å². The molecule has 2 amide bonds. The second kappa shape index (κ2) is 9.99. The molecule has 0 radical (unpaired) electrons. The molecule has 0 aromatic heterocycles. The first kappa shape index (κ1) is 20.8. The lowest BCUT2D eigenvalue weighted by Crippen LogP contribution is -2.21. The number of amides is 2. The third-order valence-corrected chi connectivity index (χ3v) is 4.41. The van der Waals surface area contributed by atoms with Crippen molar-refractivity contribution in [1.82, 2.24) is 0 Å². The summed E-state index contributed by atoms with van der Waals surface area (Å²) in [6.07, 6.45) is 0.301. The molecule has 0 aliphatic rings. The summed E-state index contributed by atoms with van der Waals surface area (Å²) in [5.74, 6) is 0. The van der Waals surface area contributed by atoms with E-state index in [1.165, 1.54) is 0 Å². The van der Waals surface area contributed by atoms with Crippen molar-refractivity contribution in [3.05, 3.63) is 50.4 Å². The van der Waals surface area contributed by atoms with Gasteiger partial charge in [-0.2, -0.15) is 0 Å². The molecule has 6 nitrogen and oxygen atoms in total. The molecule has 6 N–H and O–H groups in total. The van der Waals surface area contributed by atoms with Crippen molar-refractivity contribution in [2.75, 3.05) is 35.6 Å². The minimum Gasteiger partial charge on any atom is -0.396 e. The van der Waals surface area contributed by atoms with Gasteiger partial charge < -0.3 is 26.8 Å². The fraction of sp³-hybridized carbons (Fsp3) is 0.235. The summed E-state index contributed by atoms with van der Waals surface area (Å²) < 4.78 is 0.807. The Morgan fingerprint density at radius 2 is 1.85 bits per heavy atom. The standard InChI is InChI=1S/C17H19BrCl2N4O2/c18-10-5-12(22-3-2-21)9-13(6-10)23-17(26)24-16-8-11(19)7-15(20)14(16)1-4-25/h5-9,22,25H,1-4,21H2,(H2,23,24,26). The van der Waals surface area contributed by atoms with Gasteiger partial charge in [0.25, 0.3) is 0 Å². The first-order valence-corrected chi connectivity index (χ1v) is 9.39. The number of urea groups is 1. The van der Waals surface area contributed by atoms with Crippen LogP contribution < -0.4 is 21.7 Å². The Labute approximate surface area is 170 Å². The zero-order valence-electron chi connectivity index (χ0n) is 13.8. The molecule has 0 saturated heterocycles. The molecule has 9 heteroatoms. The van der Waals surface area contributed by atoms with E-state index in [-0.39, 0.29) is 6.61 Å². The number of aliphatic hydroxyl groups excluding tert-OH is 1. The van der Waals surface area contributed by atoms with Gasteiger partial charge >= 0.3 is 6.03 Å². The molecule has 0 fully saturated rings. The zero-order valence-corrected chi connectivity index (χ0v) is 16.9. The van der Waals surface area contributed by atoms with Gasteiger partial charge in [0.05, 0.1) is 0 Å². The normalized spacial score (nSPS) is 10.5. The maximum Gasteiger partial charge on any atom is 0.323 e. The van der Waals surface area contributed by atoms with Gasteiger partial charge in [-0.3, -0.25) is 0 Å². The van der Waals surface area contributed by atoms with Gasteiger partial charge in [0.15, 0.2) is 0 Å². The van der Waals surface area contributed by atoms with Gasteiger partial charge in [-0.05, 0) is 42.3 Å². The van der Waals surface area contributed by atoms with E-state index in [0.29, 0.717) is 46.5 Å². The fourth-order valence-corrected chi connectivity index (χ4v) is 3.43. The number of hydrogen-bond acceptors (Lipinski definition) is 4. The number of aliphatic hydroxyl groups is 1. The average molecular weight is 462 g/mol. The van der Waals surface area contributed by atoms with Crippen LogP contribution in [0.1, 0.15) is 5.56 Å². The molecule has 140 valence electrons. The van der Waals surface area contributed by atoms with E-state index in [9.17, 15) is 9.90 Å². The molecule has 0 aliphatic heterocycles. The summed E-state index contributed by atoms with van der Waals surface area (Å²) in [4.78, 5) is 12.4. The lowest BCUT2D eigenvalue weighted by Gasteiger charge is -2.14. The van der Waals surface area contributed by atoms with Gasteiger partial charge in [-0.1, -0.05) is 39.1 Å². The first-order chi connectivity index (χ1) is 12.4. The summed E-state index contributed by atoms with van der Waals surface area (Å²) in [5.41, 5.74) is 7.97. The molecule has 0 unspecified atom stereocenters. The number of nitrogens with one attached hydrogen (secondary N) is 3. The van der Waals surface area contributed by atoms with E-state index < -0.39 is 6.03 Å². The predicted molar refractivity (Wildman–Crippen MR) is 112 cm³/mol. The summed E-state index contributed by atoms with van der Waals surface area (Å²) >= 11 is 15.6. The third-order valence-electron chi connectivity index (χ3n) is 3.40. The fourth-order valence-electron chi connectivity index (χ4n) is 2.35. The number of halogens is 3. The van der Waals surface area contributed by atoms with Crippen LogP contribution in [0.2, 0.25) is 10.0 Å². The van der Waals surface area contributed by atoms with Crippen LogP contribution in [-0.4, -0.2) is 30.8 Å². The van der Waals surface area contributed by atoms with Crippen molar-refractivity contribution < 1.29 is 9.90 Å². The second-order valence-electron chi connectivity index (χ2n) is 5.41. The highest BCUT2D eigenvalue weighted by Gasteiger charge is 2.12. The number of rotatable bonds is 7. The average Bonchev–Trinajstić information content (AvgIpc) is 2.55. The van der Waals surface area contributed by atoms with Crippen molar-refractivity contribution >= 4 is 62.2 Å². The molecule has 2 rings (SSSR count). The van der Waals surface area contributed by atoms with Gasteiger partial charge in [0.2, 0.25) is 0 Å². The number of hydrogen-bond donors (Lipinski definition) is 5. The molecule has 2 aromatic carbocycles. The van der Waals surface area contributed by atoms with Crippen LogP contribution in [0.25, 0.3) is 0 Å². The molecule has 0 heterocycles. The van der Waals surface area contributed by atoms with Crippen LogP contribution >= 0.6 is 39.1 Å². The van der Waals surface area contributed by atoms with E-state index in [1.54, 1.807) is 24.3 Å². The minimum absolute atomic E-state index is 0.0978. The van der Waals surface area contributed by atoms with Crippen LogP contribution in [0.3, 0.4) is 0 Å². The van der Waals surface area contributed by atoms with Crippen molar-refractivity contribution in [1.29, 1.82) is 0 Å². The van der Waals surface area contributed by atoms with Crippen LogP contribution in [0.15, 0.2) is 34.8 Å². The number of carbonyl (C=O) groups is 1. The van der Waals surface area contributed by atoms with Crippen molar-refractivity contribution in [3.8, 4) is 0 Å². The summed E-state index contributed by atoms with van der Waals surface area (Å²) in [6.45, 7) is 1.02. The van der Waals surface area contributed by atoms with Crippen LogP contribution in [-0.2, 0) is 6.42 Å². The maximum atomic E-state index is 12.4. The lowest BCUT2D eigenvalue weighted by molar-refractivity contribution is 0.262. The Kier molecular flexibility index (Phi) is 7.99. The molecule has 0 saturated carbocycles. The SMILES string of the molecule is NCCNc1cc(Br)cc(NC(=O)Nc2cc(Cl)cc(Cl)c2CCO)c1. The van der Waals surface area contributed by atoms with Crippen molar-refractivity contribution in [2.24, 2.45) is 5.73 Å². The Balaban J connectivity index is 2.15. The largest absolute Gasteiger partial charge is 0.396 e. The smallest absolute Gasteiger partial charge is 0.323 e. The second-order valence-corrected chi connectivity index (χ2v) is 7.17. The highest BCUT2D eigenvalue weighted by Crippen LogP contribution is 2.30. The Morgan fingerprint density at radius 1 is 1.12 bits per heavy atom. The molecule has 0 bridgehead atoms. The van der Waals surface area contributed by atoms with Gasteiger partial charge in [0, 0.05) is 51.3 Å². The third kappa shape index (κ3) is 6.03. The number of carbonyl (C=O) groups excluding carboxylic acids is 1.